The first-order chi connectivity index (χ1) is 9.22. The highest BCUT2D eigenvalue weighted by atomic mass is 79.9. The molecule has 0 saturated heterocycles. The molecule has 2 aromatic carbocycles. The van der Waals surface area contributed by atoms with Gasteiger partial charge in [-0.3, -0.25) is 0 Å². The van der Waals surface area contributed by atoms with E-state index in [2.05, 4.69) is 22.0 Å². The summed E-state index contributed by atoms with van der Waals surface area (Å²) in [5.41, 5.74) is 1.84. The molecule has 0 aliphatic heterocycles. The molecule has 2 nitrogen and oxygen atoms in total. The quantitative estimate of drug-likeness (QED) is 0.807. The van der Waals surface area contributed by atoms with Gasteiger partial charge in [-0.05, 0) is 17.7 Å². The van der Waals surface area contributed by atoms with E-state index in [0.717, 1.165) is 15.6 Å². The van der Waals surface area contributed by atoms with E-state index in [4.69, 9.17) is 21.6 Å². The lowest BCUT2D eigenvalue weighted by Crippen LogP contribution is -2.00. The first kappa shape index (κ1) is 13.9. The lowest BCUT2D eigenvalue weighted by Gasteiger charge is -2.13. The van der Waals surface area contributed by atoms with Gasteiger partial charge in [-0.2, -0.15) is 5.26 Å². The van der Waals surface area contributed by atoms with Gasteiger partial charge in [0.25, 0.3) is 0 Å². The van der Waals surface area contributed by atoms with Crippen LogP contribution in [0.4, 0.5) is 0 Å². The summed E-state index contributed by atoms with van der Waals surface area (Å²) in [6.45, 7) is 0.426. The molecule has 0 spiro atoms. The van der Waals surface area contributed by atoms with Crippen LogP contribution in [0.15, 0.2) is 46.9 Å². The molecule has 96 valence electrons. The summed E-state index contributed by atoms with van der Waals surface area (Å²) in [6, 6.07) is 15.5. The van der Waals surface area contributed by atoms with Gasteiger partial charge in [-0.1, -0.05) is 57.9 Å². The second-order valence-corrected chi connectivity index (χ2v) is 5.21. The molecule has 2 aromatic rings. The predicted molar refractivity (Wildman–Crippen MR) is 79.2 cm³/mol. The minimum absolute atomic E-state index is 0.255. The fourth-order valence-electron chi connectivity index (χ4n) is 1.70. The number of hydrogen-bond donors (Lipinski definition) is 0. The molecular formula is C15H11BrClNO. The highest BCUT2D eigenvalue weighted by Gasteiger charge is 2.12. The third-order valence-corrected chi connectivity index (χ3v) is 3.68. The van der Waals surface area contributed by atoms with E-state index in [1.54, 1.807) is 6.07 Å². The summed E-state index contributed by atoms with van der Waals surface area (Å²) in [4.78, 5) is 0. The van der Waals surface area contributed by atoms with Gasteiger partial charge in [-0.25, -0.2) is 0 Å². The van der Waals surface area contributed by atoms with E-state index in [1.807, 2.05) is 36.4 Å². The standard InChI is InChI=1S/C15H11BrClNO/c16-13-6-7-14(17)15(12(13)8-9-18)19-10-11-4-2-1-3-5-11/h1-7H,8,10H2. The van der Waals surface area contributed by atoms with Crippen LogP contribution in [0.25, 0.3) is 0 Å². The molecule has 0 aliphatic rings. The lowest BCUT2D eigenvalue weighted by atomic mass is 10.1. The van der Waals surface area contributed by atoms with Crippen LogP contribution >= 0.6 is 27.5 Å². The van der Waals surface area contributed by atoms with Crippen LogP contribution < -0.4 is 4.74 Å². The van der Waals surface area contributed by atoms with Gasteiger partial charge in [0.15, 0.2) is 0 Å². The van der Waals surface area contributed by atoms with E-state index in [9.17, 15) is 0 Å². The number of nitriles is 1. The maximum atomic E-state index is 8.88. The van der Waals surface area contributed by atoms with Gasteiger partial charge < -0.3 is 4.74 Å². The highest BCUT2D eigenvalue weighted by molar-refractivity contribution is 9.10. The molecule has 0 radical (unpaired) electrons. The monoisotopic (exact) mass is 335 g/mol. The van der Waals surface area contributed by atoms with Gasteiger partial charge in [0.1, 0.15) is 12.4 Å². The van der Waals surface area contributed by atoms with Crippen LogP contribution in [-0.2, 0) is 13.0 Å². The van der Waals surface area contributed by atoms with E-state index in [-0.39, 0.29) is 6.42 Å². The number of halogens is 2. The van der Waals surface area contributed by atoms with Crippen LogP contribution in [0.5, 0.6) is 5.75 Å². The average molecular weight is 337 g/mol. The Hall–Kier alpha value is -1.50. The summed E-state index contributed by atoms with van der Waals surface area (Å²) < 4.78 is 6.61. The Kier molecular flexibility index (Phi) is 4.84. The van der Waals surface area contributed by atoms with Crippen LogP contribution in [0, 0.1) is 11.3 Å². The normalized spacial score (nSPS) is 9.95. The largest absolute Gasteiger partial charge is 0.487 e. The minimum atomic E-state index is 0.255. The van der Waals surface area contributed by atoms with Crippen molar-refractivity contribution in [3.63, 3.8) is 0 Å². The Balaban J connectivity index is 2.24. The van der Waals surface area contributed by atoms with Gasteiger partial charge in [0.2, 0.25) is 0 Å². The summed E-state index contributed by atoms with van der Waals surface area (Å²) in [5.74, 6) is 0.571. The molecule has 4 heteroatoms. The Morgan fingerprint density at radius 1 is 1.16 bits per heavy atom. The molecular weight excluding hydrogens is 326 g/mol. The SMILES string of the molecule is N#CCc1c(Br)ccc(Cl)c1OCc1ccccc1. The summed E-state index contributed by atoms with van der Waals surface area (Å²) in [6.07, 6.45) is 0.255. The average Bonchev–Trinajstić information content (AvgIpc) is 2.43. The zero-order chi connectivity index (χ0) is 13.7. The van der Waals surface area contributed by atoms with Crippen molar-refractivity contribution < 1.29 is 4.74 Å². The summed E-state index contributed by atoms with van der Waals surface area (Å²) in [5, 5.41) is 9.39. The first-order valence-corrected chi connectivity index (χ1v) is 6.90. The number of hydrogen-bond acceptors (Lipinski definition) is 2. The second kappa shape index (κ2) is 6.60. The van der Waals surface area contributed by atoms with Crippen molar-refractivity contribution in [1.82, 2.24) is 0 Å². The molecule has 0 N–H and O–H groups in total. The van der Waals surface area contributed by atoms with Crippen LogP contribution in [0.2, 0.25) is 5.02 Å². The number of nitrogens with zero attached hydrogens (tertiary/aromatic N) is 1. The molecule has 0 amide bonds. The van der Waals surface area contributed by atoms with Gasteiger partial charge in [0.05, 0.1) is 17.5 Å². The van der Waals surface area contributed by atoms with Crippen LogP contribution in [0.3, 0.4) is 0 Å². The number of ether oxygens (including phenoxy) is 1. The first-order valence-electron chi connectivity index (χ1n) is 5.73. The maximum Gasteiger partial charge on any atom is 0.143 e. The fraction of sp³-hybridized carbons (Fsp3) is 0.133. The molecule has 2 rings (SSSR count). The lowest BCUT2D eigenvalue weighted by molar-refractivity contribution is 0.303. The predicted octanol–water partition coefficient (Wildman–Crippen LogP) is 4.75. The molecule has 0 fully saturated rings. The van der Waals surface area contributed by atoms with Crippen molar-refractivity contribution in [3.8, 4) is 11.8 Å². The smallest absolute Gasteiger partial charge is 0.143 e. The maximum absolute atomic E-state index is 8.88. The minimum Gasteiger partial charge on any atom is -0.487 e. The molecule has 0 bridgehead atoms. The van der Waals surface area contributed by atoms with E-state index < -0.39 is 0 Å². The van der Waals surface area contributed by atoms with Crippen molar-refractivity contribution in [1.29, 1.82) is 5.26 Å². The third-order valence-electron chi connectivity index (χ3n) is 2.64. The van der Waals surface area contributed by atoms with Crippen molar-refractivity contribution in [3.05, 3.63) is 63.1 Å². The molecule has 0 saturated carbocycles. The molecule has 0 atom stereocenters. The Bertz CT molecular complexity index is 608. The van der Waals surface area contributed by atoms with Gasteiger partial charge in [0, 0.05) is 10.0 Å². The highest BCUT2D eigenvalue weighted by Crippen LogP contribution is 2.35. The van der Waals surface area contributed by atoms with E-state index >= 15 is 0 Å². The van der Waals surface area contributed by atoms with E-state index in [0.29, 0.717) is 17.4 Å². The van der Waals surface area contributed by atoms with Crippen molar-refractivity contribution >= 4 is 27.5 Å². The summed E-state index contributed by atoms with van der Waals surface area (Å²) in [7, 11) is 0. The Labute approximate surface area is 125 Å². The van der Waals surface area contributed by atoms with Gasteiger partial charge in [-0.15, -0.1) is 0 Å². The van der Waals surface area contributed by atoms with Crippen molar-refractivity contribution in [2.45, 2.75) is 13.0 Å². The Morgan fingerprint density at radius 3 is 2.58 bits per heavy atom. The number of rotatable bonds is 4. The second-order valence-electron chi connectivity index (χ2n) is 3.95. The number of benzene rings is 2. The summed E-state index contributed by atoms with van der Waals surface area (Å²) >= 11 is 9.57. The fourth-order valence-corrected chi connectivity index (χ4v) is 2.39. The molecule has 0 unspecified atom stereocenters. The molecule has 0 aromatic heterocycles. The zero-order valence-corrected chi connectivity index (χ0v) is 12.4. The third kappa shape index (κ3) is 3.50. The zero-order valence-electron chi connectivity index (χ0n) is 10.1. The molecule has 0 heterocycles. The topological polar surface area (TPSA) is 33.0 Å². The van der Waals surface area contributed by atoms with Crippen molar-refractivity contribution in [2.75, 3.05) is 0 Å². The van der Waals surface area contributed by atoms with Crippen LogP contribution in [-0.4, -0.2) is 0 Å². The molecule has 19 heavy (non-hydrogen) atoms. The molecule has 0 aliphatic carbocycles. The Morgan fingerprint density at radius 2 is 1.89 bits per heavy atom. The van der Waals surface area contributed by atoms with Crippen LogP contribution in [0.1, 0.15) is 11.1 Å². The van der Waals surface area contributed by atoms with E-state index in [1.165, 1.54) is 0 Å². The van der Waals surface area contributed by atoms with Crippen molar-refractivity contribution in [2.24, 2.45) is 0 Å². The van der Waals surface area contributed by atoms with Gasteiger partial charge >= 0.3 is 0 Å².